The van der Waals surface area contributed by atoms with Crippen molar-refractivity contribution in [2.24, 2.45) is 0 Å². The zero-order valence-electron chi connectivity index (χ0n) is 13.5. The minimum Gasteiger partial charge on any atom is -0.478 e. The fourth-order valence-corrected chi connectivity index (χ4v) is 3.33. The van der Waals surface area contributed by atoms with Crippen molar-refractivity contribution < 1.29 is 19.1 Å². The Balaban J connectivity index is 1.83. The van der Waals surface area contributed by atoms with Gasteiger partial charge in [0.15, 0.2) is 0 Å². The number of carbonyl (C=O) groups is 2. The van der Waals surface area contributed by atoms with Crippen LogP contribution in [-0.4, -0.2) is 28.4 Å². The maximum Gasteiger partial charge on any atom is 0.335 e. The molecule has 5 nitrogen and oxygen atoms in total. The molecule has 0 aliphatic carbocycles. The van der Waals surface area contributed by atoms with E-state index in [9.17, 15) is 14.7 Å². The van der Waals surface area contributed by atoms with Crippen LogP contribution in [0.15, 0.2) is 47.1 Å². The normalized spacial score (nSPS) is 18.2. The number of amides is 1. The standard InChI is InChI=1S/C19H21NO4/c21-18(13-14-7-3-4-8-15(14)19(22)23)20-11-5-1-2-9-16(20)17-10-6-12-24-17/h3-4,6-8,10,12,16H,1-2,5,9,11,13H2,(H,22,23). The van der Waals surface area contributed by atoms with Gasteiger partial charge in [-0.2, -0.15) is 0 Å². The summed E-state index contributed by atoms with van der Waals surface area (Å²) in [6.45, 7) is 0.680. The van der Waals surface area contributed by atoms with Crippen molar-refractivity contribution in [2.75, 3.05) is 6.54 Å². The van der Waals surface area contributed by atoms with E-state index in [1.165, 1.54) is 6.07 Å². The van der Waals surface area contributed by atoms with Gasteiger partial charge in [-0.3, -0.25) is 4.79 Å². The van der Waals surface area contributed by atoms with Crippen LogP contribution in [0.25, 0.3) is 0 Å². The third-order valence-corrected chi connectivity index (χ3v) is 4.53. The number of carboxylic acids is 1. The smallest absolute Gasteiger partial charge is 0.335 e. The van der Waals surface area contributed by atoms with Crippen LogP contribution in [0.2, 0.25) is 0 Å². The predicted molar refractivity (Wildman–Crippen MR) is 88.7 cm³/mol. The van der Waals surface area contributed by atoms with Gasteiger partial charge in [-0.05, 0) is 36.6 Å². The second-order valence-corrected chi connectivity index (χ2v) is 6.11. The number of hydrogen-bond acceptors (Lipinski definition) is 3. The highest BCUT2D eigenvalue weighted by molar-refractivity contribution is 5.91. The first-order chi connectivity index (χ1) is 11.7. The van der Waals surface area contributed by atoms with Gasteiger partial charge >= 0.3 is 5.97 Å². The van der Waals surface area contributed by atoms with Crippen LogP contribution in [0.4, 0.5) is 0 Å². The molecule has 1 aliphatic heterocycles. The number of likely N-dealkylation sites (tertiary alicyclic amines) is 1. The van der Waals surface area contributed by atoms with Gasteiger partial charge in [0.25, 0.3) is 0 Å². The van der Waals surface area contributed by atoms with Crippen molar-refractivity contribution in [1.29, 1.82) is 0 Å². The molecular weight excluding hydrogens is 306 g/mol. The van der Waals surface area contributed by atoms with Crippen molar-refractivity contribution in [2.45, 2.75) is 38.1 Å². The monoisotopic (exact) mass is 327 g/mol. The summed E-state index contributed by atoms with van der Waals surface area (Å²) in [5.41, 5.74) is 0.743. The Morgan fingerprint density at radius 2 is 1.96 bits per heavy atom. The van der Waals surface area contributed by atoms with Crippen LogP contribution < -0.4 is 0 Å². The number of carboxylic acid groups (broad SMARTS) is 1. The Bertz CT molecular complexity index is 708. The molecule has 3 rings (SSSR count). The van der Waals surface area contributed by atoms with E-state index < -0.39 is 5.97 Å². The summed E-state index contributed by atoms with van der Waals surface area (Å²) in [6, 6.07) is 10.4. The average molecular weight is 327 g/mol. The Morgan fingerprint density at radius 1 is 1.12 bits per heavy atom. The van der Waals surface area contributed by atoms with Crippen molar-refractivity contribution >= 4 is 11.9 Å². The number of hydrogen-bond donors (Lipinski definition) is 1. The summed E-state index contributed by atoms with van der Waals surface area (Å²) in [5, 5.41) is 9.30. The molecule has 1 aromatic carbocycles. The number of nitrogens with zero attached hydrogens (tertiary/aromatic N) is 1. The molecule has 1 fully saturated rings. The maximum atomic E-state index is 12.9. The van der Waals surface area contributed by atoms with Crippen molar-refractivity contribution in [3.8, 4) is 0 Å². The lowest BCUT2D eigenvalue weighted by Crippen LogP contribution is -2.36. The molecule has 126 valence electrons. The molecule has 1 aromatic heterocycles. The molecular formula is C19H21NO4. The molecule has 1 aliphatic rings. The number of carbonyl (C=O) groups excluding carboxylic acids is 1. The molecule has 1 atom stereocenters. The van der Waals surface area contributed by atoms with E-state index in [0.717, 1.165) is 31.4 Å². The largest absolute Gasteiger partial charge is 0.478 e. The molecule has 0 saturated carbocycles. The van der Waals surface area contributed by atoms with Crippen molar-refractivity contribution in [1.82, 2.24) is 4.90 Å². The van der Waals surface area contributed by atoms with E-state index in [0.29, 0.717) is 12.1 Å². The molecule has 0 radical (unpaired) electrons. The zero-order valence-corrected chi connectivity index (χ0v) is 13.5. The molecule has 1 amide bonds. The Morgan fingerprint density at radius 3 is 2.71 bits per heavy atom. The van der Waals surface area contributed by atoms with Gasteiger partial charge in [-0.15, -0.1) is 0 Å². The second kappa shape index (κ2) is 7.34. The van der Waals surface area contributed by atoms with Crippen LogP contribution in [0.3, 0.4) is 0 Å². The molecule has 0 spiro atoms. The molecule has 24 heavy (non-hydrogen) atoms. The van der Waals surface area contributed by atoms with Crippen molar-refractivity contribution in [3.63, 3.8) is 0 Å². The van der Waals surface area contributed by atoms with E-state index >= 15 is 0 Å². The van der Waals surface area contributed by atoms with Crippen molar-refractivity contribution in [3.05, 3.63) is 59.5 Å². The van der Waals surface area contributed by atoms with E-state index in [-0.39, 0.29) is 23.9 Å². The molecule has 2 heterocycles. The lowest BCUT2D eigenvalue weighted by atomic mass is 10.0. The molecule has 1 N–H and O–H groups in total. The first-order valence-corrected chi connectivity index (χ1v) is 8.31. The van der Waals surface area contributed by atoms with E-state index in [1.54, 1.807) is 24.5 Å². The zero-order chi connectivity index (χ0) is 16.9. The van der Waals surface area contributed by atoms with Gasteiger partial charge in [0, 0.05) is 6.54 Å². The van der Waals surface area contributed by atoms with E-state index in [4.69, 9.17) is 4.42 Å². The van der Waals surface area contributed by atoms with Gasteiger partial charge in [-0.1, -0.05) is 31.0 Å². The fourth-order valence-electron chi connectivity index (χ4n) is 3.33. The minimum atomic E-state index is -1.00. The highest BCUT2D eigenvalue weighted by atomic mass is 16.4. The van der Waals surface area contributed by atoms with Crippen LogP contribution in [0.1, 0.15) is 53.4 Å². The second-order valence-electron chi connectivity index (χ2n) is 6.11. The molecule has 1 unspecified atom stereocenters. The number of furan rings is 1. The fraction of sp³-hybridized carbons (Fsp3) is 0.368. The van der Waals surface area contributed by atoms with Gasteiger partial charge in [0.05, 0.1) is 24.3 Å². The topological polar surface area (TPSA) is 70.8 Å². The summed E-state index contributed by atoms with van der Waals surface area (Å²) in [7, 11) is 0. The summed E-state index contributed by atoms with van der Waals surface area (Å²) in [5.74, 6) is -0.249. The lowest BCUT2D eigenvalue weighted by Gasteiger charge is -2.29. The van der Waals surface area contributed by atoms with Gasteiger partial charge in [0.2, 0.25) is 5.91 Å². The first-order valence-electron chi connectivity index (χ1n) is 8.31. The average Bonchev–Trinajstić information content (AvgIpc) is 2.99. The lowest BCUT2D eigenvalue weighted by molar-refractivity contribution is -0.133. The first kappa shape index (κ1) is 16.3. The van der Waals surface area contributed by atoms with E-state index in [1.807, 2.05) is 17.0 Å². The number of rotatable bonds is 4. The Labute approximate surface area is 140 Å². The number of benzene rings is 1. The van der Waals surface area contributed by atoms with Crippen LogP contribution in [0.5, 0.6) is 0 Å². The van der Waals surface area contributed by atoms with Crippen LogP contribution in [0, 0.1) is 0 Å². The molecule has 5 heteroatoms. The molecule has 2 aromatic rings. The quantitative estimate of drug-likeness (QED) is 0.930. The van der Waals surface area contributed by atoms with Gasteiger partial charge in [0.1, 0.15) is 5.76 Å². The summed E-state index contributed by atoms with van der Waals surface area (Å²) < 4.78 is 5.53. The van der Waals surface area contributed by atoms with Gasteiger partial charge in [-0.25, -0.2) is 4.79 Å². The summed E-state index contributed by atoms with van der Waals surface area (Å²) in [4.78, 5) is 26.1. The highest BCUT2D eigenvalue weighted by Gasteiger charge is 2.29. The predicted octanol–water partition coefficient (Wildman–Crippen LogP) is 3.66. The number of aromatic carboxylic acids is 1. The van der Waals surface area contributed by atoms with Crippen LogP contribution in [-0.2, 0) is 11.2 Å². The maximum absolute atomic E-state index is 12.9. The van der Waals surface area contributed by atoms with Gasteiger partial charge < -0.3 is 14.4 Å². The molecule has 0 bridgehead atoms. The third-order valence-electron chi connectivity index (χ3n) is 4.53. The summed E-state index contributed by atoms with van der Waals surface area (Å²) in [6.07, 6.45) is 5.71. The SMILES string of the molecule is O=C(O)c1ccccc1CC(=O)N1CCCCCC1c1ccco1. The summed E-state index contributed by atoms with van der Waals surface area (Å²) >= 11 is 0. The third kappa shape index (κ3) is 3.50. The highest BCUT2D eigenvalue weighted by Crippen LogP contribution is 2.31. The Kier molecular flexibility index (Phi) is 4.99. The van der Waals surface area contributed by atoms with Crippen LogP contribution >= 0.6 is 0 Å². The van der Waals surface area contributed by atoms with E-state index in [2.05, 4.69) is 0 Å². The molecule has 1 saturated heterocycles. The Hall–Kier alpha value is -2.56. The minimum absolute atomic E-state index is 0.0491.